The number of aromatic nitrogens is 2. The molecular formula is C15H21N3. The molecule has 0 fully saturated rings. The number of hydrogen-bond donors (Lipinski definition) is 1. The summed E-state index contributed by atoms with van der Waals surface area (Å²) in [4.78, 5) is 4.53. The molecular weight excluding hydrogens is 222 g/mol. The molecule has 2 aromatic rings. The second-order valence-corrected chi connectivity index (χ2v) is 4.90. The summed E-state index contributed by atoms with van der Waals surface area (Å²) in [5.74, 6) is 0.913. The van der Waals surface area contributed by atoms with Crippen LogP contribution in [-0.4, -0.2) is 15.6 Å². The first-order valence-electron chi connectivity index (χ1n) is 6.52. The molecule has 96 valence electrons. The highest BCUT2D eigenvalue weighted by Gasteiger charge is 2.08. The molecule has 0 bridgehead atoms. The van der Waals surface area contributed by atoms with Gasteiger partial charge < -0.3 is 5.32 Å². The Balaban J connectivity index is 2.42. The Morgan fingerprint density at radius 1 is 1.33 bits per heavy atom. The molecule has 0 saturated carbocycles. The predicted molar refractivity (Wildman–Crippen MR) is 76.4 cm³/mol. The summed E-state index contributed by atoms with van der Waals surface area (Å²) >= 11 is 0. The number of hydrogen-bond acceptors (Lipinski definition) is 2. The van der Waals surface area contributed by atoms with Crippen LogP contribution in [0, 0.1) is 6.92 Å². The summed E-state index contributed by atoms with van der Waals surface area (Å²) in [6.45, 7) is 8.44. The van der Waals surface area contributed by atoms with Gasteiger partial charge in [0.15, 0.2) is 0 Å². The van der Waals surface area contributed by atoms with Gasteiger partial charge in [0.25, 0.3) is 0 Å². The molecule has 3 nitrogen and oxygen atoms in total. The number of nitrogens with one attached hydrogen (secondary N) is 1. The van der Waals surface area contributed by atoms with Crippen molar-refractivity contribution in [3.8, 4) is 5.69 Å². The summed E-state index contributed by atoms with van der Waals surface area (Å²) in [5, 5.41) is 3.38. The van der Waals surface area contributed by atoms with E-state index in [0.29, 0.717) is 6.04 Å². The Morgan fingerprint density at radius 2 is 2.11 bits per heavy atom. The third-order valence-corrected chi connectivity index (χ3v) is 2.84. The maximum absolute atomic E-state index is 4.53. The van der Waals surface area contributed by atoms with Gasteiger partial charge in [-0.3, -0.25) is 4.57 Å². The molecule has 0 spiro atoms. The lowest BCUT2D eigenvalue weighted by atomic mass is 10.1. The molecule has 2 rings (SSSR count). The van der Waals surface area contributed by atoms with Crippen molar-refractivity contribution in [3.05, 3.63) is 41.7 Å². The molecule has 3 heteroatoms. The highest BCUT2D eigenvalue weighted by Crippen LogP contribution is 2.18. The number of imidazole rings is 1. The Morgan fingerprint density at radius 3 is 2.78 bits per heavy atom. The molecule has 0 aliphatic heterocycles. The summed E-state index contributed by atoms with van der Waals surface area (Å²) in [6.07, 6.45) is 3.12. The quantitative estimate of drug-likeness (QED) is 0.889. The van der Waals surface area contributed by atoms with E-state index >= 15 is 0 Å². The zero-order chi connectivity index (χ0) is 13.1. The van der Waals surface area contributed by atoms with E-state index in [0.717, 1.165) is 23.8 Å². The monoisotopic (exact) mass is 243 g/mol. The van der Waals surface area contributed by atoms with Crippen molar-refractivity contribution in [3.63, 3.8) is 0 Å². The van der Waals surface area contributed by atoms with Gasteiger partial charge in [-0.05, 0) is 44.9 Å². The topological polar surface area (TPSA) is 29.9 Å². The molecule has 1 aromatic carbocycles. The minimum Gasteiger partial charge on any atom is -0.353 e. The van der Waals surface area contributed by atoms with Gasteiger partial charge in [0.2, 0.25) is 5.95 Å². The molecule has 0 radical (unpaired) electrons. The molecule has 1 heterocycles. The fourth-order valence-electron chi connectivity index (χ4n) is 1.98. The Kier molecular flexibility index (Phi) is 3.70. The standard InChI is InChI=1S/C15H21N3/c1-5-13-7-6-8-14(9-13)18-10-12(4)17-15(18)16-11(2)3/h6-11H,5H2,1-4H3,(H,16,17). The van der Waals surface area contributed by atoms with E-state index in [1.165, 1.54) is 5.56 Å². The highest BCUT2D eigenvalue weighted by molar-refractivity contribution is 5.45. The zero-order valence-electron chi connectivity index (χ0n) is 11.6. The van der Waals surface area contributed by atoms with Crippen molar-refractivity contribution >= 4 is 5.95 Å². The van der Waals surface area contributed by atoms with Gasteiger partial charge in [0.1, 0.15) is 0 Å². The third kappa shape index (κ3) is 2.73. The molecule has 0 unspecified atom stereocenters. The number of benzene rings is 1. The van der Waals surface area contributed by atoms with E-state index in [2.05, 4.69) is 66.1 Å². The largest absolute Gasteiger partial charge is 0.353 e. The first-order chi connectivity index (χ1) is 8.60. The van der Waals surface area contributed by atoms with E-state index in [9.17, 15) is 0 Å². The van der Waals surface area contributed by atoms with Crippen molar-refractivity contribution in [2.45, 2.75) is 40.2 Å². The van der Waals surface area contributed by atoms with Crippen LogP contribution in [0.2, 0.25) is 0 Å². The van der Waals surface area contributed by atoms with E-state index in [4.69, 9.17) is 0 Å². The lowest BCUT2D eigenvalue weighted by Crippen LogP contribution is -2.13. The van der Waals surface area contributed by atoms with Crippen molar-refractivity contribution in [1.82, 2.24) is 9.55 Å². The Labute approximate surface area is 109 Å². The van der Waals surface area contributed by atoms with Crippen molar-refractivity contribution < 1.29 is 0 Å². The van der Waals surface area contributed by atoms with Crippen LogP contribution < -0.4 is 5.32 Å². The molecule has 18 heavy (non-hydrogen) atoms. The predicted octanol–water partition coefficient (Wildman–Crippen LogP) is 3.56. The molecule has 0 aliphatic rings. The van der Waals surface area contributed by atoms with Crippen LogP contribution in [0.3, 0.4) is 0 Å². The smallest absolute Gasteiger partial charge is 0.207 e. The van der Waals surface area contributed by atoms with E-state index in [1.807, 2.05) is 6.92 Å². The van der Waals surface area contributed by atoms with Gasteiger partial charge in [0, 0.05) is 17.9 Å². The Bertz CT molecular complexity index is 526. The summed E-state index contributed by atoms with van der Waals surface area (Å²) < 4.78 is 2.12. The van der Waals surface area contributed by atoms with Crippen molar-refractivity contribution in [2.75, 3.05) is 5.32 Å². The van der Waals surface area contributed by atoms with Crippen LogP contribution in [-0.2, 0) is 6.42 Å². The third-order valence-electron chi connectivity index (χ3n) is 2.84. The van der Waals surface area contributed by atoms with Gasteiger partial charge >= 0.3 is 0 Å². The number of rotatable bonds is 4. The summed E-state index contributed by atoms with van der Waals surface area (Å²) in [7, 11) is 0. The van der Waals surface area contributed by atoms with Crippen molar-refractivity contribution in [1.29, 1.82) is 0 Å². The van der Waals surface area contributed by atoms with Gasteiger partial charge in [0.05, 0.1) is 5.69 Å². The number of anilines is 1. The van der Waals surface area contributed by atoms with Crippen LogP contribution in [0.4, 0.5) is 5.95 Å². The second kappa shape index (κ2) is 5.25. The van der Waals surface area contributed by atoms with Gasteiger partial charge in [-0.1, -0.05) is 19.1 Å². The van der Waals surface area contributed by atoms with Crippen LogP contribution in [0.15, 0.2) is 30.5 Å². The zero-order valence-corrected chi connectivity index (χ0v) is 11.6. The van der Waals surface area contributed by atoms with Crippen LogP contribution in [0.5, 0.6) is 0 Å². The van der Waals surface area contributed by atoms with Crippen LogP contribution >= 0.6 is 0 Å². The first kappa shape index (κ1) is 12.7. The molecule has 0 aliphatic carbocycles. The van der Waals surface area contributed by atoms with Gasteiger partial charge in [-0.15, -0.1) is 0 Å². The van der Waals surface area contributed by atoms with Gasteiger partial charge in [-0.2, -0.15) is 0 Å². The first-order valence-corrected chi connectivity index (χ1v) is 6.52. The van der Waals surface area contributed by atoms with E-state index in [1.54, 1.807) is 0 Å². The molecule has 0 saturated heterocycles. The fraction of sp³-hybridized carbons (Fsp3) is 0.400. The fourth-order valence-corrected chi connectivity index (χ4v) is 1.98. The van der Waals surface area contributed by atoms with E-state index in [-0.39, 0.29) is 0 Å². The highest BCUT2D eigenvalue weighted by atomic mass is 15.2. The minimum absolute atomic E-state index is 0.375. The average molecular weight is 243 g/mol. The SMILES string of the molecule is CCc1cccc(-n2cc(C)nc2NC(C)C)c1. The average Bonchev–Trinajstić information content (AvgIpc) is 2.69. The van der Waals surface area contributed by atoms with Gasteiger partial charge in [-0.25, -0.2) is 4.98 Å². The lowest BCUT2D eigenvalue weighted by molar-refractivity contribution is 0.863. The maximum Gasteiger partial charge on any atom is 0.207 e. The van der Waals surface area contributed by atoms with Crippen LogP contribution in [0.25, 0.3) is 5.69 Å². The lowest BCUT2D eigenvalue weighted by Gasteiger charge is -2.12. The second-order valence-electron chi connectivity index (χ2n) is 4.90. The summed E-state index contributed by atoms with van der Waals surface area (Å²) in [5.41, 5.74) is 3.53. The van der Waals surface area contributed by atoms with E-state index < -0.39 is 0 Å². The normalized spacial score (nSPS) is 10.9. The Hall–Kier alpha value is -1.77. The van der Waals surface area contributed by atoms with Crippen LogP contribution in [0.1, 0.15) is 32.0 Å². The molecule has 1 aromatic heterocycles. The maximum atomic E-state index is 4.53. The summed E-state index contributed by atoms with van der Waals surface area (Å²) in [6, 6.07) is 8.96. The molecule has 0 amide bonds. The molecule has 0 atom stereocenters. The number of nitrogens with zero attached hydrogens (tertiary/aromatic N) is 2. The minimum atomic E-state index is 0.375. The number of aryl methyl sites for hydroxylation is 2. The van der Waals surface area contributed by atoms with Crippen molar-refractivity contribution in [2.24, 2.45) is 0 Å². The molecule has 1 N–H and O–H groups in total.